The molecule has 0 saturated heterocycles. The zero-order valence-corrected chi connectivity index (χ0v) is 18.5. The average Bonchev–Trinajstić information content (AvgIpc) is 3.04. The first-order valence-electron chi connectivity index (χ1n) is 9.24. The van der Waals surface area contributed by atoms with Crippen LogP contribution in [0.25, 0.3) is 10.2 Å². The highest BCUT2D eigenvalue weighted by atomic mass is 32.2. The van der Waals surface area contributed by atoms with Crippen LogP contribution >= 0.6 is 11.3 Å². The van der Waals surface area contributed by atoms with Crippen LogP contribution in [-0.2, 0) is 30.7 Å². The summed E-state index contributed by atoms with van der Waals surface area (Å²) in [5.74, 6) is -1.36. The molecule has 0 saturated carbocycles. The molecule has 2 aromatic carbocycles. The van der Waals surface area contributed by atoms with Gasteiger partial charge in [-0.2, -0.15) is 4.99 Å². The van der Waals surface area contributed by atoms with E-state index in [1.165, 1.54) is 30.6 Å². The molecule has 0 N–H and O–H groups in total. The van der Waals surface area contributed by atoms with Gasteiger partial charge in [0.25, 0.3) is 0 Å². The van der Waals surface area contributed by atoms with Gasteiger partial charge in [0.15, 0.2) is 14.6 Å². The Kier molecular flexibility index (Phi) is 6.52. The van der Waals surface area contributed by atoms with Gasteiger partial charge in [0.05, 0.1) is 28.0 Å². The zero-order valence-electron chi connectivity index (χ0n) is 16.9. The van der Waals surface area contributed by atoms with E-state index in [0.29, 0.717) is 4.80 Å². The molecule has 3 rings (SSSR count). The van der Waals surface area contributed by atoms with Gasteiger partial charge in [-0.3, -0.25) is 9.59 Å². The lowest BCUT2D eigenvalue weighted by Crippen LogP contribution is -2.23. The highest BCUT2D eigenvalue weighted by Gasteiger charge is 2.17. The van der Waals surface area contributed by atoms with Crippen LogP contribution in [0.3, 0.4) is 0 Å². The summed E-state index contributed by atoms with van der Waals surface area (Å²) in [6.07, 6.45) is -0.248. The lowest BCUT2D eigenvalue weighted by molar-refractivity contribution is -0.141. The highest BCUT2D eigenvalue weighted by molar-refractivity contribution is 7.91. The molecule has 0 aliphatic rings. The molecule has 1 aromatic heterocycles. The van der Waals surface area contributed by atoms with E-state index < -0.39 is 21.7 Å². The number of amides is 1. The van der Waals surface area contributed by atoms with Crippen molar-refractivity contribution >= 4 is 43.3 Å². The van der Waals surface area contributed by atoms with Gasteiger partial charge in [-0.1, -0.05) is 35.6 Å². The minimum absolute atomic E-state index is 0.0895. The first kappa shape index (κ1) is 21.9. The van der Waals surface area contributed by atoms with Gasteiger partial charge >= 0.3 is 5.97 Å². The molecule has 0 aliphatic carbocycles. The SMILES string of the molecule is COC(=O)Cn1c(=NC(=O)CCS(=O)(=O)c2ccccc2)sc2c(C)cc(C)cc21. The Bertz CT molecular complexity index is 1270. The number of benzene rings is 2. The molecule has 0 atom stereocenters. The maximum atomic E-state index is 12.5. The number of nitrogens with zero attached hydrogens (tertiary/aromatic N) is 2. The topological polar surface area (TPSA) is 94.8 Å². The Morgan fingerprint density at radius 1 is 1.13 bits per heavy atom. The van der Waals surface area contributed by atoms with Crippen LogP contribution in [0.1, 0.15) is 17.5 Å². The molecule has 1 amide bonds. The second kappa shape index (κ2) is 8.93. The molecule has 0 bridgehead atoms. The first-order chi connectivity index (χ1) is 14.2. The van der Waals surface area contributed by atoms with Crippen LogP contribution in [0.5, 0.6) is 0 Å². The van der Waals surface area contributed by atoms with Gasteiger partial charge in [0, 0.05) is 6.42 Å². The van der Waals surface area contributed by atoms with Gasteiger partial charge in [-0.15, -0.1) is 0 Å². The number of hydrogen-bond donors (Lipinski definition) is 0. The number of carbonyl (C=O) groups is 2. The predicted octanol–water partition coefficient (Wildman–Crippen LogP) is 2.78. The summed E-state index contributed by atoms with van der Waals surface area (Å²) in [5, 5.41) is 0. The summed E-state index contributed by atoms with van der Waals surface area (Å²) >= 11 is 1.29. The molecule has 1 heterocycles. The van der Waals surface area contributed by atoms with Gasteiger partial charge in [0.1, 0.15) is 6.54 Å². The number of ether oxygens (including phenoxy) is 1. The molecule has 3 aromatic rings. The Balaban J connectivity index is 1.94. The third kappa shape index (κ3) is 4.85. The predicted molar refractivity (Wildman–Crippen MR) is 115 cm³/mol. The van der Waals surface area contributed by atoms with Gasteiger partial charge in [-0.25, -0.2) is 8.42 Å². The van der Waals surface area contributed by atoms with Crippen LogP contribution in [0.15, 0.2) is 52.4 Å². The van der Waals surface area contributed by atoms with E-state index in [1.807, 2.05) is 26.0 Å². The Labute approximate surface area is 178 Å². The smallest absolute Gasteiger partial charge is 0.325 e. The highest BCUT2D eigenvalue weighted by Crippen LogP contribution is 2.23. The Hall–Kier alpha value is -2.78. The third-order valence-corrected chi connectivity index (χ3v) is 7.50. The molecular formula is C21H22N2O5S2. The van der Waals surface area contributed by atoms with Crippen molar-refractivity contribution in [3.05, 3.63) is 58.4 Å². The number of hydrogen-bond acceptors (Lipinski definition) is 6. The van der Waals surface area contributed by atoms with Crippen LogP contribution in [0.4, 0.5) is 0 Å². The number of aryl methyl sites for hydroxylation is 2. The largest absolute Gasteiger partial charge is 0.468 e. The number of fused-ring (bicyclic) bond motifs is 1. The van der Waals surface area contributed by atoms with E-state index in [4.69, 9.17) is 4.74 Å². The van der Waals surface area contributed by atoms with Crippen molar-refractivity contribution < 1.29 is 22.7 Å². The van der Waals surface area contributed by atoms with Gasteiger partial charge in [0.2, 0.25) is 5.91 Å². The van der Waals surface area contributed by atoms with E-state index in [2.05, 4.69) is 4.99 Å². The molecule has 0 spiro atoms. The van der Waals surface area contributed by atoms with Crippen molar-refractivity contribution in [2.45, 2.75) is 31.7 Å². The summed E-state index contributed by atoms with van der Waals surface area (Å²) in [6.45, 7) is 3.81. The average molecular weight is 447 g/mol. The summed E-state index contributed by atoms with van der Waals surface area (Å²) in [4.78, 5) is 29.0. The lowest BCUT2D eigenvalue weighted by atomic mass is 10.1. The van der Waals surface area contributed by atoms with Crippen molar-refractivity contribution in [1.82, 2.24) is 4.57 Å². The second-order valence-electron chi connectivity index (χ2n) is 6.86. The summed E-state index contributed by atoms with van der Waals surface area (Å²) in [5.41, 5.74) is 2.81. The molecule has 9 heteroatoms. The standard InChI is InChI=1S/C21H22N2O5S2/c1-14-11-15(2)20-17(12-14)23(13-19(25)28-3)21(29-20)22-18(24)9-10-30(26,27)16-7-5-4-6-8-16/h4-8,11-12H,9-10,13H2,1-3H3. The molecule has 0 fully saturated rings. The van der Waals surface area contributed by atoms with Crippen molar-refractivity contribution in [2.75, 3.05) is 12.9 Å². The number of esters is 1. The minimum atomic E-state index is -3.58. The Morgan fingerprint density at radius 3 is 2.50 bits per heavy atom. The first-order valence-corrected chi connectivity index (χ1v) is 11.7. The van der Waals surface area contributed by atoms with Gasteiger partial charge < -0.3 is 9.30 Å². The summed E-state index contributed by atoms with van der Waals surface area (Å²) in [6, 6.07) is 11.9. The van der Waals surface area contributed by atoms with Crippen molar-refractivity contribution in [3.63, 3.8) is 0 Å². The number of aromatic nitrogens is 1. The number of thiazole rings is 1. The maximum Gasteiger partial charge on any atom is 0.325 e. The van der Waals surface area contributed by atoms with E-state index in [-0.39, 0.29) is 23.6 Å². The zero-order chi connectivity index (χ0) is 21.9. The van der Waals surface area contributed by atoms with E-state index in [9.17, 15) is 18.0 Å². The molecule has 0 aliphatic heterocycles. The molecule has 7 nitrogen and oxygen atoms in total. The van der Waals surface area contributed by atoms with Crippen molar-refractivity contribution in [2.24, 2.45) is 4.99 Å². The fourth-order valence-corrected chi connectivity index (χ4v) is 5.42. The third-order valence-electron chi connectivity index (χ3n) is 4.54. The quantitative estimate of drug-likeness (QED) is 0.543. The fourth-order valence-electron chi connectivity index (χ4n) is 3.07. The molecule has 158 valence electrons. The number of rotatable bonds is 6. The summed E-state index contributed by atoms with van der Waals surface area (Å²) in [7, 11) is -2.28. The summed E-state index contributed by atoms with van der Waals surface area (Å²) < 4.78 is 32.1. The molecule has 0 unspecified atom stereocenters. The van der Waals surface area contributed by atoms with E-state index >= 15 is 0 Å². The number of methoxy groups -OCH3 is 1. The monoisotopic (exact) mass is 446 g/mol. The van der Waals surface area contributed by atoms with Crippen molar-refractivity contribution in [1.29, 1.82) is 0 Å². The van der Waals surface area contributed by atoms with Gasteiger partial charge in [-0.05, 0) is 43.2 Å². The molecular weight excluding hydrogens is 424 g/mol. The second-order valence-corrected chi connectivity index (χ2v) is 9.95. The molecule has 0 radical (unpaired) electrons. The van der Waals surface area contributed by atoms with Crippen LogP contribution in [0, 0.1) is 13.8 Å². The van der Waals surface area contributed by atoms with Crippen LogP contribution in [0.2, 0.25) is 0 Å². The van der Waals surface area contributed by atoms with E-state index in [1.54, 1.807) is 22.8 Å². The molecule has 30 heavy (non-hydrogen) atoms. The van der Waals surface area contributed by atoms with Crippen molar-refractivity contribution in [3.8, 4) is 0 Å². The lowest BCUT2D eigenvalue weighted by Gasteiger charge is -2.05. The normalized spacial score (nSPS) is 12.3. The maximum absolute atomic E-state index is 12.5. The van der Waals surface area contributed by atoms with E-state index in [0.717, 1.165) is 21.3 Å². The fraction of sp³-hybridized carbons (Fsp3) is 0.286. The number of carbonyl (C=O) groups excluding carboxylic acids is 2. The Morgan fingerprint density at radius 2 is 1.83 bits per heavy atom. The van der Waals surface area contributed by atoms with Crippen LogP contribution < -0.4 is 4.80 Å². The number of sulfone groups is 1. The minimum Gasteiger partial charge on any atom is -0.468 e. The van der Waals surface area contributed by atoms with Crippen LogP contribution in [-0.4, -0.2) is 37.7 Å².